The third kappa shape index (κ3) is 4.80. The summed E-state index contributed by atoms with van der Waals surface area (Å²) in [6.45, 7) is 2.17. The number of hydrogen-bond donors (Lipinski definition) is 3. The van der Waals surface area contributed by atoms with Crippen molar-refractivity contribution in [3.05, 3.63) is 59.7 Å². The highest BCUT2D eigenvalue weighted by Crippen LogP contribution is 2.28. The summed E-state index contributed by atoms with van der Waals surface area (Å²) < 4.78 is 0. The molecular formula is C18H22O3. The number of benzene rings is 2. The smallest absolute Gasteiger partial charge is 0.119 e. The second-order valence-electron chi connectivity index (χ2n) is 5.67. The molecule has 0 spiro atoms. The van der Waals surface area contributed by atoms with E-state index in [9.17, 15) is 15.3 Å². The first-order chi connectivity index (χ1) is 10.0. The molecule has 2 atom stereocenters. The summed E-state index contributed by atoms with van der Waals surface area (Å²) in [5.41, 5.74) is 1.86. The van der Waals surface area contributed by atoms with E-state index in [0.29, 0.717) is 17.9 Å². The Balaban J connectivity index is 1.87. The number of phenolic OH excluding ortho intramolecular Hbond substituents is 2. The van der Waals surface area contributed by atoms with Crippen LogP contribution in [0.15, 0.2) is 48.5 Å². The summed E-state index contributed by atoms with van der Waals surface area (Å²) in [7, 11) is 0. The lowest BCUT2D eigenvalue weighted by Crippen LogP contribution is -2.04. The van der Waals surface area contributed by atoms with Crippen molar-refractivity contribution in [1.82, 2.24) is 0 Å². The maximum absolute atomic E-state index is 10.2. The Bertz CT molecular complexity index is 546. The molecule has 2 aromatic rings. The highest BCUT2D eigenvalue weighted by atomic mass is 16.3. The van der Waals surface area contributed by atoms with E-state index in [4.69, 9.17) is 0 Å². The molecule has 0 bridgehead atoms. The molecule has 112 valence electrons. The van der Waals surface area contributed by atoms with Crippen molar-refractivity contribution < 1.29 is 15.3 Å². The number of hydrogen-bond acceptors (Lipinski definition) is 3. The fourth-order valence-corrected chi connectivity index (χ4v) is 2.54. The van der Waals surface area contributed by atoms with Crippen LogP contribution in [0.25, 0.3) is 0 Å². The van der Waals surface area contributed by atoms with Crippen molar-refractivity contribution in [2.45, 2.75) is 32.3 Å². The molecule has 2 rings (SSSR count). The minimum absolute atomic E-state index is 0.0265. The summed E-state index contributed by atoms with van der Waals surface area (Å²) in [5, 5.41) is 29.0. The molecule has 21 heavy (non-hydrogen) atoms. The lowest BCUT2D eigenvalue weighted by atomic mass is 9.93. The molecule has 0 saturated carbocycles. The van der Waals surface area contributed by atoms with Gasteiger partial charge in [0.15, 0.2) is 0 Å². The molecule has 0 heterocycles. The van der Waals surface area contributed by atoms with Crippen LogP contribution in [0.2, 0.25) is 0 Å². The Morgan fingerprint density at radius 2 is 1.52 bits per heavy atom. The number of aliphatic hydroxyl groups excluding tert-OH is 1. The average Bonchev–Trinajstić information content (AvgIpc) is 2.45. The molecule has 0 radical (unpaired) electrons. The lowest BCUT2D eigenvalue weighted by Gasteiger charge is -2.16. The van der Waals surface area contributed by atoms with Crippen LogP contribution < -0.4 is 0 Å². The van der Waals surface area contributed by atoms with Gasteiger partial charge >= 0.3 is 0 Å². The Labute approximate surface area is 125 Å². The lowest BCUT2D eigenvalue weighted by molar-refractivity contribution is 0.157. The molecule has 3 N–H and O–H groups in total. The molecule has 3 nitrogen and oxygen atoms in total. The fourth-order valence-electron chi connectivity index (χ4n) is 2.54. The monoisotopic (exact) mass is 286 g/mol. The second-order valence-corrected chi connectivity index (χ2v) is 5.67. The van der Waals surface area contributed by atoms with Gasteiger partial charge in [0, 0.05) is 6.07 Å². The quantitative estimate of drug-likeness (QED) is 0.757. The van der Waals surface area contributed by atoms with Gasteiger partial charge in [-0.3, -0.25) is 0 Å². The first-order valence-electron chi connectivity index (χ1n) is 7.29. The molecule has 0 saturated heterocycles. The normalized spacial score (nSPS) is 13.8. The van der Waals surface area contributed by atoms with Gasteiger partial charge in [0.1, 0.15) is 11.5 Å². The molecule has 0 fully saturated rings. The van der Waals surface area contributed by atoms with Crippen LogP contribution >= 0.6 is 0 Å². The molecule has 0 aliphatic heterocycles. The van der Waals surface area contributed by atoms with Crippen molar-refractivity contribution >= 4 is 0 Å². The number of aromatic hydroxyl groups is 2. The molecule has 0 aliphatic rings. The number of aliphatic hydroxyl groups is 1. The maximum Gasteiger partial charge on any atom is 0.119 e. The molecule has 0 aliphatic carbocycles. The average molecular weight is 286 g/mol. The Morgan fingerprint density at radius 1 is 0.905 bits per heavy atom. The van der Waals surface area contributed by atoms with E-state index in [2.05, 4.69) is 19.1 Å². The third-order valence-electron chi connectivity index (χ3n) is 3.67. The van der Waals surface area contributed by atoms with Crippen molar-refractivity contribution in [3.8, 4) is 11.5 Å². The molecule has 3 heteroatoms. The van der Waals surface area contributed by atoms with Crippen LogP contribution in [-0.2, 0) is 6.42 Å². The summed E-state index contributed by atoms with van der Waals surface area (Å²) in [6, 6.07) is 14.5. The molecule has 0 amide bonds. The van der Waals surface area contributed by atoms with Gasteiger partial charge in [-0.05, 0) is 48.4 Å². The Hall–Kier alpha value is -2.00. The van der Waals surface area contributed by atoms with E-state index in [-0.39, 0.29) is 11.5 Å². The zero-order chi connectivity index (χ0) is 15.2. The van der Waals surface area contributed by atoms with E-state index >= 15 is 0 Å². The number of phenols is 2. The summed E-state index contributed by atoms with van der Waals surface area (Å²) >= 11 is 0. The van der Waals surface area contributed by atoms with E-state index in [1.165, 1.54) is 23.8 Å². The topological polar surface area (TPSA) is 60.7 Å². The van der Waals surface area contributed by atoms with Crippen LogP contribution in [0, 0.1) is 5.92 Å². The standard InChI is InChI=1S/C18H22O3/c1-13(9-14-5-3-2-4-6-14)7-8-18(21)15-10-16(19)12-17(20)11-15/h2-6,10-13,18-21H,7-9H2,1H3/t13-,18-/m1/s1. The molecule has 2 aromatic carbocycles. The Kier molecular flexibility index (Phi) is 5.23. The van der Waals surface area contributed by atoms with Gasteiger partial charge in [-0.1, -0.05) is 37.3 Å². The zero-order valence-corrected chi connectivity index (χ0v) is 12.2. The van der Waals surface area contributed by atoms with Gasteiger partial charge in [0.05, 0.1) is 6.10 Å². The maximum atomic E-state index is 10.2. The van der Waals surface area contributed by atoms with Gasteiger partial charge in [0.25, 0.3) is 0 Å². The van der Waals surface area contributed by atoms with E-state index < -0.39 is 6.10 Å². The highest BCUT2D eigenvalue weighted by Gasteiger charge is 2.12. The highest BCUT2D eigenvalue weighted by molar-refractivity contribution is 5.37. The summed E-state index contributed by atoms with van der Waals surface area (Å²) in [6.07, 6.45) is 1.81. The third-order valence-corrected chi connectivity index (χ3v) is 3.67. The zero-order valence-electron chi connectivity index (χ0n) is 12.2. The Morgan fingerprint density at radius 3 is 2.14 bits per heavy atom. The minimum atomic E-state index is -0.666. The van der Waals surface area contributed by atoms with Crippen LogP contribution in [0.5, 0.6) is 11.5 Å². The van der Waals surface area contributed by atoms with Gasteiger partial charge in [0.2, 0.25) is 0 Å². The van der Waals surface area contributed by atoms with E-state index in [1.54, 1.807) is 0 Å². The van der Waals surface area contributed by atoms with E-state index in [1.807, 2.05) is 18.2 Å². The van der Waals surface area contributed by atoms with E-state index in [0.717, 1.165) is 12.8 Å². The largest absolute Gasteiger partial charge is 0.508 e. The van der Waals surface area contributed by atoms with Crippen molar-refractivity contribution in [1.29, 1.82) is 0 Å². The predicted molar refractivity (Wildman–Crippen MR) is 83.3 cm³/mol. The van der Waals surface area contributed by atoms with Crippen LogP contribution in [0.3, 0.4) is 0 Å². The van der Waals surface area contributed by atoms with Crippen molar-refractivity contribution in [2.24, 2.45) is 5.92 Å². The van der Waals surface area contributed by atoms with Crippen LogP contribution in [0.1, 0.15) is 37.0 Å². The molecule has 0 unspecified atom stereocenters. The number of rotatable bonds is 6. The molecular weight excluding hydrogens is 264 g/mol. The SMILES string of the molecule is C[C@H](CC[C@@H](O)c1cc(O)cc(O)c1)Cc1ccccc1. The first-order valence-corrected chi connectivity index (χ1v) is 7.29. The minimum Gasteiger partial charge on any atom is -0.508 e. The fraction of sp³-hybridized carbons (Fsp3) is 0.333. The summed E-state index contributed by atoms with van der Waals surface area (Å²) in [4.78, 5) is 0. The van der Waals surface area contributed by atoms with Gasteiger partial charge in [-0.15, -0.1) is 0 Å². The second kappa shape index (κ2) is 7.14. The van der Waals surface area contributed by atoms with Gasteiger partial charge in [-0.2, -0.15) is 0 Å². The van der Waals surface area contributed by atoms with Crippen LogP contribution in [0.4, 0.5) is 0 Å². The van der Waals surface area contributed by atoms with Crippen molar-refractivity contribution in [3.63, 3.8) is 0 Å². The first kappa shape index (κ1) is 15.4. The summed E-state index contributed by atoms with van der Waals surface area (Å²) in [5.74, 6) is 0.413. The van der Waals surface area contributed by atoms with Gasteiger partial charge in [-0.25, -0.2) is 0 Å². The van der Waals surface area contributed by atoms with Gasteiger partial charge < -0.3 is 15.3 Å². The van der Waals surface area contributed by atoms with Crippen LogP contribution in [-0.4, -0.2) is 15.3 Å². The van der Waals surface area contributed by atoms with Crippen molar-refractivity contribution in [2.75, 3.05) is 0 Å². The predicted octanol–water partition coefficient (Wildman–Crippen LogP) is 3.79. The molecule has 0 aromatic heterocycles.